The molecule has 30 heavy (non-hydrogen) atoms. The van der Waals surface area contributed by atoms with Crippen molar-refractivity contribution in [2.24, 2.45) is 0 Å². The third-order valence-electron chi connectivity index (χ3n) is 4.33. The molecule has 4 aromatic rings. The van der Waals surface area contributed by atoms with Crippen LogP contribution in [-0.4, -0.2) is 25.8 Å². The molecule has 0 spiro atoms. The Kier molecular flexibility index (Phi) is 4.86. The van der Waals surface area contributed by atoms with E-state index in [4.69, 9.17) is 0 Å². The van der Waals surface area contributed by atoms with Crippen molar-refractivity contribution in [1.82, 2.24) is 19.9 Å². The minimum atomic E-state index is -4.71. The molecular formula is C21H14F3N5O. The average molecular weight is 409 g/mol. The van der Waals surface area contributed by atoms with E-state index in [0.29, 0.717) is 5.56 Å². The highest BCUT2D eigenvalue weighted by Crippen LogP contribution is 2.38. The van der Waals surface area contributed by atoms with Crippen molar-refractivity contribution >= 4 is 22.8 Å². The summed E-state index contributed by atoms with van der Waals surface area (Å²) >= 11 is 0. The van der Waals surface area contributed by atoms with Crippen molar-refractivity contribution in [1.29, 1.82) is 0 Å². The number of alkyl halides is 3. The summed E-state index contributed by atoms with van der Waals surface area (Å²) in [5.74, 6) is -0.686. The average Bonchev–Trinajstić information content (AvgIpc) is 2.73. The Balaban J connectivity index is 1.92. The Labute approximate surface area is 168 Å². The smallest absolute Gasteiger partial charge is 0.306 e. The number of hydrogen-bond acceptors (Lipinski definition) is 5. The molecule has 0 aliphatic heterocycles. The lowest BCUT2D eigenvalue weighted by atomic mass is 10.1. The molecule has 3 heterocycles. The molecule has 9 heteroatoms. The van der Waals surface area contributed by atoms with E-state index in [1.54, 1.807) is 30.3 Å². The molecular weight excluding hydrogens is 395 g/mol. The zero-order valence-corrected chi connectivity index (χ0v) is 15.6. The molecule has 150 valence electrons. The van der Waals surface area contributed by atoms with Gasteiger partial charge in [-0.05, 0) is 25.1 Å². The molecule has 0 bridgehead atoms. The summed E-state index contributed by atoms with van der Waals surface area (Å²) < 4.78 is 41.9. The highest BCUT2D eigenvalue weighted by atomic mass is 19.4. The van der Waals surface area contributed by atoms with Crippen LogP contribution >= 0.6 is 0 Å². The maximum absolute atomic E-state index is 14.0. The number of rotatable bonds is 3. The van der Waals surface area contributed by atoms with E-state index < -0.39 is 17.6 Å². The zero-order chi connectivity index (χ0) is 21.3. The van der Waals surface area contributed by atoms with Crippen molar-refractivity contribution in [3.8, 4) is 11.3 Å². The number of anilines is 1. The minimum Gasteiger partial charge on any atom is -0.306 e. The van der Waals surface area contributed by atoms with Crippen LogP contribution in [0.15, 0.2) is 60.9 Å². The zero-order valence-electron chi connectivity index (χ0n) is 15.6. The molecule has 1 aromatic carbocycles. The Hall–Kier alpha value is -3.88. The van der Waals surface area contributed by atoms with Crippen molar-refractivity contribution in [3.63, 3.8) is 0 Å². The first-order chi connectivity index (χ1) is 14.3. The van der Waals surface area contributed by atoms with Crippen LogP contribution in [0.5, 0.6) is 0 Å². The number of fused-ring (bicyclic) bond motifs is 1. The van der Waals surface area contributed by atoms with Crippen LogP contribution in [0.1, 0.15) is 21.7 Å². The van der Waals surface area contributed by atoms with Gasteiger partial charge in [-0.1, -0.05) is 30.3 Å². The molecule has 1 amide bonds. The van der Waals surface area contributed by atoms with Crippen LogP contribution in [0.3, 0.4) is 0 Å². The Morgan fingerprint density at radius 3 is 2.33 bits per heavy atom. The number of nitrogens with one attached hydrogen (secondary N) is 1. The van der Waals surface area contributed by atoms with Gasteiger partial charge in [0.05, 0.1) is 16.6 Å². The molecule has 6 nitrogen and oxygen atoms in total. The topological polar surface area (TPSA) is 80.7 Å². The third kappa shape index (κ3) is 3.82. The van der Waals surface area contributed by atoms with Crippen molar-refractivity contribution in [2.75, 3.05) is 5.32 Å². The van der Waals surface area contributed by atoms with Gasteiger partial charge in [-0.2, -0.15) is 13.2 Å². The number of amides is 1. The van der Waals surface area contributed by atoms with E-state index in [1.807, 2.05) is 0 Å². The second-order valence-corrected chi connectivity index (χ2v) is 6.43. The molecule has 0 radical (unpaired) electrons. The fraction of sp³-hybridized carbons (Fsp3) is 0.0952. The first-order valence-corrected chi connectivity index (χ1v) is 8.86. The summed E-state index contributed by atoms with van der Waals surface area (Å²) in [6.07, 6.45) is -1.89. The Morgan fingerprint density at radius 2 is 1.67 bits per heavy atom. The number of benzene rings is 1. The SMILES string of the molecule is Cc1nc(NC(=O)c2ccncc2)c2c(C(F)(F)F)cc(-c3ccccc3)nc2n1. The van der Waals surface area contributed by atoms with E-state index in [0.717, 1.165) is 6.07 Å². The Bertz CT molecular complexity index is 1230. The molecule has 0 unspecified atom stereocenters. The van der Waals surface area contributed by atoms with Crippen LogP contribution in [0.4, 0.5) is 19.0 Å². The number of carbonyl (C=O) groups excluding carboxylic acids is 1. The molecule has 0 saturated heterocycles. The molecule has 0 aliphatic rings. The van der Waals surface area contributed by atoms with Gasteiger partial charge in [0.2, 0.25) is 0 Å². The van der Waals surface area contributed by atoms with Gasteiger partial charge in [0.1, 0.15) is 11.6 Å². The van der Waals surface area contributed by atoms with Crippen molar-refractivity contribution in [3.05, 3.63) is 77.9 Å². The number of aromatic nitrogens is 4. The highest BCUT2D eigenvalue weighted by molar-refractivity contribution is 6.08. The standard InChI is InChI=1S/C21H14F3N5O/c1-12-26-18-17(19(27-12)29-20(30)14-7-9-25-10-8-14)15(21(22,23)24)11-16(28-18)13-5-3-2-4-6-13/h2-11H,1H3,(H,26,27,28,29,30). The number of aryl methyl sites for hydroxylation is 1. The lowest BCUT2D eigenvalue weighted by Gasteiger charge is -2.15. The van der Waals surface area contributed by atoms with Gasteiger partial charge in [0.15, 0.2) is 5.65 Å². The minimum absolute atomic E-state index is 0.125. The van der Waals surface area contributed by atoms with E-state index >= 15 is 0 Å². The molecule has 0 saturated carbocycles. The Morgan fingerprint density at radius 1 is 0.967 bits per heavy atom. The van der Waals surface area contributed by atoms with E-state index in [-0.39, 0.29) is 33.9 Å². The van der Waals surface area contributed by atoms with E-state index in [1.165, 1.54) is 31.5 Å². The van der Waals surface area contributed by atoms with Crippen molar-refractivity contribution in [2.45, 2.75) is 13.1 Å². The lowest BCUT2D eigenvalue weighted by molar-refractivity contribution is -0.136. The molecule has 0 atom stereocenters. The number of hydrogen-bond donors (Lipinski definition) is 1. The van der Waals surface area contributed by atoms with Gasteiger partial charge in [-0.3, -0.25) is 9.78 Å². The molecule has 3 aromatic heterocycles. The summed E-state index contributed by atoms with van der Waals surface area (Å²) in [6, 6.07) is 12.3. The second-order valence-electron chi connectivity index (χ2n) is 6.43. The maximum Gasteiger partial charge on any atom is 0.417 e. The number of halogens is 3. The van der Waals surface area contributed by atoms with Crippen LogP contribution in [0, 0.1) is 6.92 Å². The van der Waals surface area contributed by atoms with Gasteiger partial charge < -0.3 is 5.32 Å². The number of pyridine rings is 2. The molecule has 0 aliphatic carbocycles. The van der Waals surface area contributed by atoms with Crippen LogP contribution in [0.25, 0.3) is 22.3 Å². The van der Waals surface area contributed by atoms with E-state index in [9.17, 15) is 18.0 Å². The fourth-order valence-corrected chi connectivity index (χ4v) is 3.00. The van der Waals surface area contributed by atoms with Crippen LogP contribution < -0.4 is 5.32 Å². The summed E-state index contributed by atoms with van der Waals surface area (Å²) in [6.45, 7) is 1.52. The summed E-state index contributed by atoms with van der Waals surface area (Å²) in [7, 11) is 0. The first kappa shape index (κ1) is 19.4. The second kappa shape index (κ2) is 7.51. The van der Waals surface area contributed by atoms with Crippen LogP contribution in [-0.2, 0) is 6.18 Å². The van der Waals surface area contributed by atoms with Gasteiger partial charge >= 0.3 is 6.18 Å². The molecule has 1 N–H and O–H groups in total. The normalized spacial score (nSPS) is 11.5. The van der Waals surface area contributed by atoms with Crippen LogP contribution in [0.2, 0.25) is 0 Å². The lowest BCUT2D eigenvalue weighted by Crippen LogP contribution is -2.16. The molecule has 4 rings (SSSR count). The summed E-state index contributed by atoms with van der Waals surface area (Å²) in [5, 5.41) is 2.09. The van der Waals surface area contributed by atoms with Gasteiger partial charge in [0, 0.05) is 23.5 Å². The predicted octanol–water partition coefficient (Wildman–Crippen LogP) is 4.67. The van der Waals surface area contributed by atoms with Gasteiger partial charge in [-0.25, -0.2) is 15.0 Å². The fourth-order valence-electron chi connectivity index (χ4n) is 3.00. The van der Waals surface area contributed by atoms with Crippen molar-refractivity contribution < 1.29 is 18.0 Å². The molecule has 0 fully saturated rings. The summed E-state index contributed by atoms with van der Waals surface area (Å²) in [4.78, 5) is 28.8. The van der Waals surface area contributed by atoms with Gasteiger partial charge in [-0.15, -0.1) is 0 Å². The number of nitrogens with zero attached hydrogens (tertiary/aromatic N) is 4. The maximum atomic E-state index is 14.0. The third-order valence-corrected chi connectivity index (χ3v) is 4.33. The first-order valence-electron chi connectivity index (χ1n) is 8.86. The largest absolute Gasteiger partial charge is 0.417 e. The highest BCUT2D eigenvalue weighted by Gasteiger charge is 2.35. The van der Waals surface area contributed by atoms with E-state index in [2.05, 4.69) is 25.3 Å². The predicted molar refractivity (Wildman–Crippen MR) is 105 cm³/mol. The number of carbonyl (C=O) groups is 1. The monoisotopic (exact) mass is 409 g/mol. The quantitative estimate of drug-likeness (QED) is 0.532. The van der Waals surface area contributed by atoms with Gasteiger partial charge in [0.25, 0.3) is 5.91 Å². The summed E-state index contributed by atoms with van der Waals surface area (Å²) in [5.41, 5.74) is -0.252.